The highest BCUT2D eigenvalue weighted by atomic mass is 16.7. The lowest BCUT2D eigenvalue weighted by Gasteiger charge is -2.44. The number of aliphatic hydroxyl groups excluding tert-OH is 2. The number of hydrogen-bond acceptors (Lipinski definition) is 7. The van der Waals surface area contributed by atoms with Gasteiger partial charge in [-0.1, -0.05) is 27.7 Å². The average molecular weight is 423 g/mol. The Morgan fingerprint density at radius 3 is 1.76 bits per heavy atom. The Morgan fingerprint density at radius 2 is 1.55 bits per heavy atom. The highest BCUT2D eigenvalue weighted by molar-refractivity contribution is 5.80. The van der Waals surface area contributed by atoms with Crippen LogP contribution in [-0.2, 0) is 23.8 Å². The van der Waals surface area contributed by atoms with Crippen LogP contribution >= 0.6 is 0 Å². The summed E-state index contributed by atoms with van der Waals surface area (Å²) in [6.07, 6.45) is -1.85. The Bertz CT molecular complexity index is 525. The van der Waals surface area contributed by atoms with Gasteiger partial charge in [0.1, 0.15) is 12.2 Å². The number of hydrogen-bond donors (Lipinski definition) is 4. The standard InChI is InChI=1S/C9H17NO3.C6H13NO3.C5H12O/c1-8(2)5-12-9(3,4)13-6(8)7(10)11;1-6(2,3-8)4(9)5(7)10;1-5(2,3)6-4/h6H,5H2,1-4H3,(H2,10,11);4,8-9H,3H2,1-2H3,(H2,7,10);1-4H3/t6-;4-;/m00./s1. The summed E-state index contributed by atoms with van der Waals surface area (Å²) in [6.45, 7) is 16.7. The molecule has 1 heterocycles. The molecule has 1 aliphatic heterocycles. The van der Waals surface area contributed by atoms with Gasteiger partial charge in [-0.3, -0.25) is 9.59 Å². The summed E-state index contributed by atoms with van der Waals surface area (Å²) in [5.74, 6) is -1.95. The summed E-state index contributed by atoms with van der Waals surface area (Å²) in [6, 6.07) is 0. The molecule has 0 bridgehead atoms. The lowest BCUT2D eigenvalue weighted by molar-refractivity contribution is -0.303. The van der Waals surface area contributed by atoms with E-state index in [1.807, 2.05) is 34.6 Å². The van der Waals surface area contributed by atoms with Crippen molar-refractivity contribution in [3.8, 4) is 0 Å². The third-order valence-corrected chi connectivity index (χ3v) is 4.19. The van der Waals surface area contributed by atoms with Crippen LogP contribution in [0.4, 0.5) is 0 Å². The van der Waals surface area contributed by atoms with Crippen LogP contribution in [0.25, 0.3) is 0 Å². The van der Waals surface area contributed by atoms with Crippen molar-refractivity contribution in [2.75, 3.05) is 20.3 Å². The Balaban J connectivity index is 0. The second kappa shape index (κ2) is 11.2. The zero-order chi connectivity index (χ0) is 23.8. The Morgan fingerprint density at radius 1 is 1.14 bits per heavy atom. The molecule has 1 aliphatic rings. The average Bonchev–Trinajstić information content (AvgIpc) is 2.56. The first kappa shape index (κ1) is 29.9. The van der Waals surface area contributed by atoms with E-state index in [0.717, 1.165) is 0 Å². The van der Waals surface area contributed by atoms with Gasteiger partial charge in [-0.25, -0.2) is 0 Å². The molecule has 1 fully saturated rings. The first-order valence-corrected chi connectivity index (χ1v) is 9.47. The molecular weight excluding hydrogens is 380 g/mol. The third kappa shape index (κ3) is 12.1. The van der Waals surface area contributed by atoms with Gasteiger partial charge in [-0.05, 0) is 34.6 Å². The van der Waals surface area contributed by atoms with Crippen LogP contribution < -0.4 is 11.5 Å². The molecule has 29 heavy (non-hydrogen) atoms. The summed E-state index contributed by atoms with van der Waals surface area (Å²) in [7, 11) is 1.71. The second-order valence-electron chi connectivity index (χ2n) is 9.85. The summed E-state index contributed by atoms with van der Waals surface area (Å²) < 4.78 is 15.8. The SMILES string of the molecule is CC(C)(CO)[C@@H](O)C(N)=O.CC1(C)OCC(C)(C)[C@H](C(N)=O)O1.COC(C)(C)C. The fourth-order valence-electron chi connectivity index (χ4n) is 1.83. The quantitative estimate of drug-likeness (QED) is 0.525. The summed E-state index contributed by atoms with van der Waals surface area (Å²) >= 11 is 0. The van der Waals surface area contributed by atoms with Gasteiger partial charge in [-0.15, -0.1) is 0 Å². The number of nitrogens with two attached hydrogens (primary N) is 2. The van der Waals surface area contributed by atoms with Crippen LogP contribution in [0, 0.1) is 10.8 Å². The Hall–Kier alpha value is -1.26. The minimum Gasteiger partial charge on any atom is -0.396 e. The van der Waals surface area contributed by atoms with Gasteiger partial charge < -0.3 is 35.9 Å². The highest BCUT2D eigenvalue weighted by Gasteiger charge is 2.44. The van der Waals surface area contributed by atoms with E-state index >= 15 is 0 Å². The lowest BCUT2D eigenvalue weighted by Crippen LogP contribution is -2.55. The Kier molecular flexibility index (Phi) is 11.6. The fraction of sp³-hybridized carbons (Fsp3) is 0.900. The molecule has 0 aliphatic carbocycles. The number of aliphatic hydroxyl groups is 2. The van der Waals surface area contributed by atoms with Gasteiger partial charge in [-0.2, -0.15) is 0 Å². The highest BCUT2D eigenvalue weighted by Crippen LogP contribution is 2.34. The molecule has 0 saturated carbocycles. The molecular formula is C20H42N2O7. The van der Waals surface area contributed by atoms with Gasteiger partial charge in [0.15, 0.2) is 5.79 Å². The molecule has 0 aromatic heterocycles. The number of primary amides is 2. The van der Waals surface area contributed by atoms with E-state index in [9.17, 15) is 9.59 Å². The van der Waals surface area contributed by atoms with E-state index in [-0.39, 0.29) is 17.6 Å². The molecule has 2 amide bonds. The largest absolute Gasteiger partial charge is 0.396 e. The molecule has 9 heteroatoms. The normalized spacial score (nSPS) is 21.6. The van der Waals surface area contributed by atoms with Crippen LogP contribution in [0.15, 0.2) is 0 Å². The first-order valence-electron chi connectivity index (χ1n) is 9.47. The number of carbonyl (C=O) groups is 2. The van der Waals surface area contributed by atoms with Gasteiger partial charge in [0.05, 0.1) is 18.8 Å². The van der Waals surface area contributed by atoms with Gasteiger partial charge in [0.25, 0.3) is 0 Å². The molecule has 2 atom stereocenters. The summed E-state index contributed by atoms with van der Waals surface area (Å²) in [5.41, 5.74) is 8.90. The second-order valence-corrected chi connectivity index (χ2v) is 9.85. The molecule has 0 aromatic rings. The summed E-state index contributed by atoms with van der Waals surface area (Å²) in [5, 5.41) is 17.7. The van der Waals surface area contributed by atoms with Crippen LogP contribution in [-0.4, -0.2) is 65.9 Å². The van der Waals surface area contributed by atoms with E-state index < -0.39 is 35.2 Å². The molecule has 6 N–H and O–H groups in total. The van der Waals surface area contributed by atoms with Gasteiger partial charge in [0, 0.05) is 17.9 Å². The first-order chi connectivity index (χ1) is 12.7. The van der Waals surface area contributed by atoms with E-state index in [4.69, 9.17) is 35.9 Å². The molecule has 174 valence electrons. The zero-order valence-electron chi connectivity index (χ0n) is 19.7. The Labute approximate surface area is 175 Å². The minimum absolute atomic E-state index is 0.0417. The van der Waals surface area contributed by atoms with Crippen LogP contribution in [0.1, 0.15) is 62.3 Å². The van der Waals surface area contributed by atoms with E-state index in [1.165, 1.54) is 0 Å². The van der Waals surface area contributed by atoms with Crippen molar-refractivity contribution in [1.29, 1.82) is 0 Å². The molecule has 0 aromatic carbocycles. The summed E-state index contributed by atoms with van der Waals surface area (Å²) in [4.78, 5) is 21.5. The molecule has 1 rings (SSSR count). The topological polar surface area (TPSA) is 154 Å². The van der Waals surface area contributed by atoms with Crippen molar-refractivity contribution in [1.82, 2.24) is 0 Å². The number of amides is 2. The third-order valence-electron chi connectivity index (χ3n) is 4.19. The van der Waals surface area contributed by atoms with E-state index in [0.29, 0.717) is 6.61 Å². The molecule has 0 spiro atoms. The molecule has 1 saturated heterocycles. The maximum Gasteiger partial charge on any atom is 0.247 e. The zero-order valence-corrected chi connectivity index (χ0v) is 19.7. The monoisotopic (exact) mass is 422 g/mol. The van der Waals surface area contributed by atoms with Crippen LogP contribution in [0.3, 0.4) is 0 Å². The van der Waals surface area contributed by atoms with Crippen molar-refractivity contribution < 1.29 is 34.0 Å². The van der Waals surface area contributed by atoms with Crippen molar-refractivity contribution >= 4 is 11.8 Å². The van der Waals surface area contributed by atoms with E-state index in [2.05, 4.69) is 0 Å². The molecule has 9 nitrogen and oxygen atoms in total. The van der Waals surface area contributed by atoms with E-state index in [1.54, 1.807) is 34.8 Å². The predicted octanol–water partition coefficient (Wildman–Crippen LogP) is 0.932. The smallest absolute Gasteiger partial charge is 0.247 e. The van der Waals surface area contributed by atoms with Crippen LogP contribution in [0.5, 0.6) is 0 Å². The number of rotatable bonds is 4. The van der Waals surface area contributed by atoms with Crippen molar-refractivity contribution in [3.63, 3.8) is 0 Å². The van der Waals surface area contributed by atoms with Gasteiger partial charge >= 0.3 is 0 Å². The minimum atomic E-state index is -1.28. The van der Waals surface area contributed by atoms with Crippen molar-refractivity contribution in [2.24, 2.45) is 22.3 Å². The predicted molar refractivity (Wildman–Crippen MR) is 111 cm³/mol. The number of carbonyl (C=O) groups excluding carboxylic acids is 2. The van der Waals surface area contributed by atoms with Crippen molar-refractivity contribution in [2.45, 2.75) is 85.9 Å². The van der Waals surface area contributed by atoms with Crippen LogP contribution in [0.2, 0.25) is 0 Å². The van der Waals surface area contributed by atoms with Crippen molar-refractivity contribution in [3.05, 3.63) is 0 Å². The molecule has 0 radical (unpaired) electrons. The lowest BCUT2D eigenvalue weighted by atomic mass is 9.85. The molecule has 0 unspecified atom stereocenters. The maximum absolute atomic E-state index is 11.1. The number of ether oxygens (including phenoxy) is 3. The fourth-order valence-corrected chi connectivity index (χ4v) is 1.83. The van der Waals surface area contributed by atoms with Gasteiger partial charge in [0.2, 0.25) is 11.8 Å². The number of methoxy groups -OCH3 is 1. The maximum atomic E-state index is 11.1.